The Hall–Kier alpha value is -0.610. The first-order chi connectivity index (χ1) is 6.63. The van der Waals surface area contributed by atoms with Gasteiger partial charge in [-0.3, -0.25) is 9.69 Å². The number of carbonyl (C=O) groups is 1. The lowest BCUT2D eigenvalue weighted by Gasteiger charge is -2.48. The van der Waals surface area contributed by atoms with Gasteiger partial charge in [-0.05, 0) is 34.6 Å². The van der Waals surface area contributed by atoms with Crippen molar-refractivity contribution in [3.63, 3.8) is 0 Å². The molecule has 0 saturated carbocycles. The molecule has 1 heterocycles. The fraction of sp³-hybridized carbons (Fsp3) is 0.909. The molecule has 1 fully saturated rings. The van der Waals surface area contributed by atoms with Crippen molar-refractivity contribution in [2.75, 3.05) is 13.1 Å². The molecule has 0 aliphatic carbocycles. The smallest absolute Gasteiger partial charge is 0.234 e. The van der Waals surface area contributed by atoms with E-state index in [1.165, 1.54) is 0 Å². The molecule has 1 unspecified atom stereocenters. The van der Waals surface area contributed by atoms with E-state index in [4.69, 9.17) is 10.5 Å². The second-order valence-electron chi connectivity index (χ2n) is 5.60. The van der Waals surface area contributed by atoms with Gasteiger partial charge in [-0.15, -0.1) is 0 Å². The summed E-state index contributed by atoms with van der Waals surface area (Å²) in [4.78, 5) is 13.2. The van der Waals surface area contributed by atoms with Crippen LogP contribution in [0.4, 0.5) is 0 Å². The van der Waals surface area contributed by atoms with Gasteiger partial charge in [0.25, 0.3) is 0 Å². The predicted octanol–water partition coefficient (Wildman–Crippen LogP) is 0.750. The summed E-state index contributed by atoms with van der Waals surface area (Å²) in [5.41, 5.74) is 4.86. The number of morpholine rings is 1. The van der Waals surface area contributed by atoms with E-state index in [2.05, 4.69) is 4.90 Å². The summed E-state index contributed by atoms with van der Waals surface area (Å²) in [6.07, 6.45) is 0. The molecule has 1 saturated heterocycles. The molecule has 0 bridgehead atoms. The third kappa shape index (κ3) is 3.18. The molecule has 0 aromatic rings. The Bertz CT molecular complexity index is 245. The third-order valence-electron chi connectivity index (χ3n) is 2.68. The monoisotopic (exact) mass is 214 g/mol. The average Bonchev–Trinajstić information content (AvgIpc) is 1.96. The van der Waals surface area contributed by atoms with Gasteiger partial charge in [0.2, 0.25) is 5.91 Å². The van der Waals surface area contributed by atoms with Crippen LogP contribution in [0.2, 0.25) is 0 Å². The minimum Gasteiger partial charge on any atom is -0.368 e. The number of ether oxygens (including phenoxy) is 1. The quantitative estimate of drug-likeness (QED) is 0.738. The molecule has 0 spiro atoms. The molecule has 0 aromatic heterocycles. The van der Waals surface area contributed by atoms with Crippen molar-refractivity contribution in [1.82, 2.24) is 4.90 Å². The summed E-state index contributed by atoms with van der Waals surface area (Å²) in [5, 5.41) is 0. The number of carbonyl (C=O) groups excluding carboxylic acids is 1. The summed E-state index contributed by atoms with van der Waals surface area (Å²) >= 11 is 0. The van der Waals surface area contributed by atoms with Crippen LogP contribution in [0.5, 0.6) is 0 Å². The second kappa shape index (κ2) is 3.76. The molecular formula is C11H22N2O2. The van der Waals surface area contributed by atoms with Gasteiger partial charge in [0, 0.05) is 13.1 Å². The maximum atomic E-state index is 11.2. The topological polar surface area (TPSA) is 55.6 Å². The van der Waals surface area contributed by atoms with E-state index < -0.39 is 0 Å². The summed E-state index contributed by atoms with van der Waals surface area (Å²) < 4.78 is 5.93. The molecule has 0 radical (unpaired) electrons. The van der Waals surface area contributed by atoms with E-state index in [1.54, 1.807) is 0 Å². The Morgan fingerprint density at radius 2 is 1.67 bits per heavy atom. The van der Waals surface area contributed by atoms with Crippen LogP contribution in [-0.2, 0) is 9.53 Å². The van der Waals surface area contributed by atoms with Crippen LogP contribution in [0.1, 0.15) is 34.6 Å². The second-order valence-corrected chi connectivity index (χ2v) is 5.60. The van der Waals surface area contributed by atoms with E-state index in [0.29, 0.717) is 0 Å². The molecule has 4 nitrogen and oxygen atoms in total. The molecule has 2 N–H and O–H groups in total. The first-order valence-corrected chi connectivity index (χ1v) is 5.36. The summed E-state index contributed by atoms with van der Waals surface area (Å²) in [6, 6.07) is -0.229. The third-order valence-corrected chi connectivity index (χ3v) is 2.68. The Kier molecular flexibility index (Phi) is 3.12. The van der Waals surface area contributed by atoms with Gasteiger partial charge in [-0.2, -0.15) is 0 Å². The number of rotatable bonds is 2. The van der Waals surface area contributed by atoms with Gasteiger partial charge in [-0.25, -0.2) is 0 Å². The van der Waals surface area contributed by atoms with Crippen molar-refractivity contribution in [3.8, 4) is 0 Å². The lowest BCUT2D eigenvalue weighted by atomic mass is 9.97. The molecule has 1 amide bonds. The van der Waals surface area contributed by atoms with E-state index in [-0.39, 0.29) is 23.2 Å². The highest BCUT2D eigenvalue weighted by Gasteiger charge is 2.40. The van der Waals surface area contributed by atoms with Crippen molar-refractivity contribution in [1.29, 1.82) is 0 Å². The standard InChI is InChI=1S/C11H22N2O2/c1-8(9(12)14)13-6-10(2,3)15-11(4,5)7-13/h8H,6-7H2,1-5H3,(H2,12,14). The lowest BCUT2D eigenvalue weighted by Crippen LogP contribution is -2.61. The van der Waals surface area contributed by atoms with E-state index in [1.807, 2.05) is 34.6 Å². The number of nitrogens with zero attached hydrogens (tertiary/aromatic N) is 1. The van der Waals surface area contributed by atoms with Gasteiger partial charge in [0.1, 0.15) is 0 Å². The van der Waals surface area contributed by atoms with Crippen LogP contribution in [-0.4, -0.2) is 41.1 Å². The zero-order valence-corrected chi connectivity index (χ0v) is 10.3. The molecule has 1 atom stereocenters. The summed E-state index contributed by atoms with van der Waals surface area (Å²) in [5.74, 6) is -0.275. The van der Waals surface area contributed by atoms with E-state index in [9.17, 15) is 4.79 Å². The summed E-state index contributed by atoms with van der Waals surface area (Å²) in [7, 11) is 0. The van der Waals surface area contributed by atoms with Crippen LogP contribution in [0, 0.1) is 0 Å². The highest BCUT2D eigenvalue weighted by Crippen LogP contribution is 2.28. The minimum atomic E-state index is -0.275. The van der Waals surface area contributed by atoms with Crippen molar-refractivity contribution >= 4 is 5.91 Å². The molecular weight excluding hydrogens is 192 g/mol. The van der Waals surface area contributed by atoms with Gasteiger partial charge in [-0.1, -0.05) is 0 Å². The molecule has 4 heteroatoms. The van der Waals surface area contributed by atoms with Crippen molar-refractivity contribution in [2.45, 2.75) is 51.9 Å². The zero-order valence-electron chi connectivity index (χ0n) is 10.3. The van der Waals surface area contributed by atoms with Gasteiger partial charge >= 0.3 is 0 Å². The molecule has 15 heavy (non-hydrogen) atoms. The first kappa shape index (κ1) is 12.5. The Morgan fingerprint density at radius 1 is 1.27 bits per heavy atom. The molecule has 1 aliphatic rings. The molecule has 0 aromatic carbocycles. The minimum absolute atomic E-state index is 0.229. The predicted molar refractivity (Wildman–Crippen MR) is 59.5 cm³/mol. The van der Waals surface area contributed by atoms with Crippen LogP contribution in [0.25, 0.3) is 0 Å². The molecule has 1 aliphatic heterocycles. The van der Waals surface area contributed by atoms with Crippen molar-refractivity contribution in [2.24, 2.45) is 5.73 Å². The van der Waals surface area contributed by atoms with E-state index in [0.717, 1.165) is 13.1 Å². The highest BCUT2D eigenvalue weighted by atomic mass is 16.5. The Morgan fingerprint density at radius 3 is 2.00 bits per heavy atom. The Balaban J connectivity index is 2.79. The number of amides is 1. The Labute approximate surface area is 91.8 Å². The number of primary amides is 1. The number of hydrogen-bond donors (Lipinski definition) is 1. The highest BCUT2D eigenvalue weighted by molar-refractivity contribution is 5.79. The van der Waals surface area contributed by atoms with Crippen molar-refractivity contribution in [3.05, 3.63) is 0 Å². The normalized spacial score (nSPS) is 27.3. The van der Waals surface area contributed by atoms with Crippen LogP contribution in [0.3, 0.4) is 0 Å². The van der Waals surface area contributed by atoms with Crippen molar-refractivity contribution < 1.29 is 9.53 Å². The summed E-state index contributed by atoms with van der Waals surface area (Å²) in [6.45, 7) is 11.5. The van der Waals surface area contributed by atoms with E-state index >= 15 is 0 Å². The zero-order chi connectivity index (χ0) is 11.9. The largest absolute Gasteiger partial charge is 0.368 e. The van der Waals surface area contributed by atoms with Crippen LogP contribution in [0.15, 0.2) is 0 Å². The van der Waals surface area contributed by atoms with Gasteiger partial charge < -0.3 is 10.5 Å². The lowest BCUT2D eigenvalue weighted by molar-refractivity contribution is -0.187. The van der Waals surface area contributed by atoms with Gasteiger partial charge in [0.05, 0.1) is 17.2 Å². The maximum absolute atomic E-state index is 11.2. The first-order valence-electron chi connectivity index (χ1n) is 5.36. The van der Waals surface area contributed by atoms with Crippen LogP contribution < -0.4 is 5.73 Å². The SMILES string of the molecule is CC(C(N)=O)N1CC(C)(C)OC(C)(C)C1. The fourth-order valence-electron chi connectivity index (χ4n) is 2.30. The van der Waals surface area contributed by atoms with Gasteiger partial charge in [0.15, 0.2) is 0 Å². The number of nitrogens with two attached hydrogens (primary N) is 1. The molecule has 88 valence electrons. The fourth-order valence-corrected chi connectivity index (χ4v) is 2.30. The number of hydrogen-bond acceptors (Lipinski definition) is 3. The van der Waals surface area contributed by atoms with Crippen LogP contribution >= 0.6 is 0 Å². The average molecular weight is 214 g/mol. The maximum Gasteiger partial charge on any atom is 0.234 e. The molecule has 1 rings (SSSR count).